The van der Waals surface area contributed by atoms with Gasteiger partial charge in [0.15, 0.2) is 11.5 Å². The first kappa shape index (κ1) is 21.7. The molecule has 0 bridgehead atoms. The van der Waals surface area contributed by atoms with E-state index in [2.05, 4.69) is 22.3 Å². The number of nitrogen functional groups attached to an aromatic ring is 1. The van der Waals surface area contributed by atoms with Gasteiger partial charge in [0.25, 0.3) is 11.8 Å². The monoisotopic (exact) mass is 468 g/mol. The zero-order valence-electron chi connectivity index (χ0n) is 18.4. The molecule has 0 saturated heterocycles. The van der Waals surface area contributed by atoms with Gasteiger partial charge >= 0.3 is 0 Å². The molecule has 10 heteroatoms. The van der Waals surface area contributed by atoms with E-state index < -0.39 is 11.9 Å². The lowest BCUT2D eigenvalue weighted by atomic mass is 10.0. The Labute approximate surface area is 195 Å². The standard InChI is InChI=1S/C23H25ClN6O3/c1-11(10-31)26-22(32)19-20(25)28-30-6-5-17(27-21(19)30)14-7-15-9-29(12(2)13-3-4-13)23(33)18(15)16(24)8-14/h5-8,11-13,31H,3-4,9-10H2,1-2H3,(H2,25,28)(H,26,32)/t11-,12?/m1/s1. The van der Waals surface area contributed by atoms with Gasteiger partial charge in [-0.3, -0.25) is 9.59 Å². The van der Waals surface area contributed by atoms with Crippen LogP contribution in [0, 0.1) is 5.92 Å². The Balaban J connectivity index is 1.52. The molecule has 3 aromatic rings. The number of amides is 2. The van der Waals surface area contributed by atoms with Gasteiger partial charge < -0.3 is 21.1 Å². The lowest BCUT2D eigenvalue weighted by Crippen LogP contribution is -2.35. The Morgan fingerprint density at radius 2 is 2.12 bits per heavy atom. The van der Waals surface area contributed by atoms with Crippen molar-refractivity contribution in [2.24, 2.45) is 5.92 Å². The molecule has 1 fully saturated rings. The maximum atomic E-state index is 13.0. The van der Waals surface area contributed by atoms with Crippen LogP contribution in [0.15, 0.2) is 24.4 Å². The van der Waals surface area contributed by atoms with E-state index in [9.17, 15) is 14.7 Å². The lowest BCUT2D eigenvalue weighted by Gasteiger charge is -2.23. The maximum Gasteiger partial charge on any atom is 0.259 e. The SMILES string of the molecule is CC(C1CC1)N1Cc2cc(-c3ccn4nc(N)c(C(=O)N[C@H](C)CO)c4n3)cc(Cl)c2C1=O. The molecule has 4 N–H and O–H groups in total. The van der Waals surface area contributed by atoms with Crippen LogP contribution >= 0.6 is 11.6 Å². The number of nitrogens with zero attached hydrogens (tertiary/aromatic N) is 4. The van der Waals surface area contributed by atoms with Gasteiger partial charge in [-0.1, -0.05) is 11.6 Å². The number of carbonyl (C=O) groups excluding carboxylic acids is 2. The predicted molar refractivity (Wildman–Crippen MR) is 124 cm³/mol. The molecule has 1 unspecified atom stereocenters. The zero-order chi connectivity index (χ0) is 23.4. The summed E-state index contributed by atoms with van der Waals surface area (Å²) in [5.41, 5.74) is 9.18. The quantitative estimate of drug-likeness (QED) is 0.510. The molecule has 1 aromatic carbocycles. The Morgan fingerprint density at radius 3 is 2.82 bits per heavy atom. The molecule has 2 aromatic heterocycles. The molecule has 0 spiro atoms. The number of hydrogen-bond donors (Lipinski definition) is 3. The Bertz CT molecular complexity index is 1280. The number of benzene rings is 1. The van der Waals surface area contributed by atoms with Crippen molar-refractivity contribution >= 4 is 34.9 Å². The second kappa shape index (κ2) is 8.00. The molecule has 33 heavy (non-hydrogen) atoms. The van der Waals surface area contributed by atoms with Gasteiger partial charge in [-0.25, -0.2) is 9.50 Å². The summed E-state index contributed by atoms with van der Waals surface area (Å²) >= 11 is 6.56. The van der Waals surface area contributed by atoms with E-state index in [1.165, 1.54) is 4.52 Å². The Kier molecular flexibility index (Phi) is 5.25. The highest BCUT2D eigenvalue weighted by molar-refractivity contribution is 6.34. The topological polar surface area (TPSA) is 126 Å². The highest BCUT2D eigenvalue weighted by Crippen LogP contribution is 2.40. The van der Waals surface area contributed by atoms with Crippen LogP contribution in [0.25, 0.3) is 16.9 Å². The number of carbonyl (C=O) groups is 2. The van der Waals surface area contributed by atoms with E-state index in [1.807, 2.05) is 11.0 Å². The minimum atomic E-state index is -0.462. The number of aromatic nitrogens is 3. The van der Waals surface area contributed by atoms with E-state index in [4.69, 9.17) is 17.3 Å². The molecule has 5 rings (SSSR count). The fourth-order valence-corrected chi connectivity index (χ4v) is 4.72. The summed E-state index contributed by atoms with van der Waals surface area (Å²) in [5, 5.41) is 16.5. The van der Waals surface area contributed by atoms with Crippen molar-refractivity contribution in [2.75, 3.05) is 12.3 Å². The Hall–Kier alpha value is -3.17. The number of nitrogens with two attached hydrogens (primary N) is 1. The average Bonchev–Trinajstić information content (AvgIpc) is 3.50. The number of nitrogens with one attached hydrogen (secondary N) is 1. The third-order valence-corrected chi connectivity index (χ3v) is 6.77. The second-order valence-electron chi connectivity index (χ2n) is 8.90. The number of rotatable bonds is 6. The van der Waals surface area contributed by atoms with E-state index >= 15 is 0 Å². The zero-order valence-corrected chi connectivity index (χ0v) is 19.1. The van der Waals surface area contributed by atoms with Crippen LogP contribution in [-0.2, 0) is 6.54 Å². The fourth-order valence-electron chi connectivity index (χ4n) is 4.40. The number of fused-ring (bicyclic) bond motifs is 2. The van der Waals surface area contributed by atoms with Crippen molar-refractivity contribution in [3.05, 3.63) is 46.1 Å². The highest BCUT2D eigenvalue weighted by atomic mass is 35.5. The molecule has 1 saturated carbocycles. The number of hydrogen-bond acceptors (Lipinski definition) is 6. The first-order chi connectivity index (χ1) is 15.8. The summed E-state index contributed by atoms with van der Waals surface area (Å²) in [4.78, 5) is 32.2. The minimum absolute atomic E-state index is 0.0233. The van der Waals surface area contributed by atoms with Gasteiger partial charge in [-0.2, -0.15) is 0 Å². The van der Waals surface area contributed by atoms with Gasteiger partial charge in [0.1, 0.15) is 5.56 Å². The molecular weight excluding hydrogens is 444 g/mol. The van der Waals surface area contributed by atoms with Crippen molar-refractivity contribution in [1.82, 2.24) is 24.8 Å². The summed E-state index contributed by atoms with van der Waals surface area (Å²) in [6.07, 6.45) is 3.99. The number of halogens is 1. The molecular formula is C23H25ClN6O3. The van der Waals surface area contributed by atoms with Crippen LogP contribution in [0.4, 0.5) is 5.82 Å². The summed E-state index contributed by atoms with van der Waals surface area (Å²) in [5.74, 6) is 0.126. The van der Waals surface area contributed by atoms with Crippen molar-refractivity contribution in [2.45, 2.75) is 45.3 Å². The van der Waals surface area contributed by atoms with Crippen molar-refractivity contribution in [1.29, 1.82) is 0 Å². The van der Waals surface area contributed by atoms with Gasteiger partial charge in [-0.05, 0) is 56.4 Å². The Morgan fingerprint density at radius 1 is 1.36 bits per heavy atom. The van der Waals surface area contributed by atoms with Crippen molar-refractivity contribution in [3.63, 3.8) is 0 Å². The summed E-state index contributed by atoms with van der Waals surface area (Å²) in [7, 11) is 0. The van der Waals surface area contributed by atoms with E-state index in [0.29, 0.717) is 34.4 Å². The lowest BCUT2D eigenvalue weighted by molar-refractivity contribution is 0.0697. The van der Waals surface area contributed by atoms with Gasteiger partial charge in [0.2, 0.25) is 0 Å². The predicted octanol–water partition coefficient (Wildman–Crippen LogP) is 2.50. The molecule has 2 atom stereocenters. The molecule has 2 amide bonds. The van der Waals surface area contributed by atoms with Crippen LogP contribution in [0.3, 0.4) is 0 Å². The first-order valence-corrected chi connectivity index (χ1v) is 11.4. The summed E-state index contributed by atoms with van der Waals surface area (Å²) in [6, 6.07) is 5.18. The number of aliphatic hydroxyl groups is 1. The highest BCUT2D eigenvalue weighted by Gasteiger charge is 2.39. The number of anilines is 1. The van der Waals surface area contributed by atoms with Crippen LogP contribution in [0.1, 0.15) is 53.0 Å². The smallest absolute Gasteiger partial charge is 0.259 e. The third kappa shape index (κ3) is 3.71. The summed E-state index contributed by atoms with van der Waals surface area (Å²) < 4.78 is 1.44. The summed E-state index contributed by atoms with van der Waals surface area (Å²) in [6.45, 7) is 4.10. The average molecular weight is 469 g/mol. The second-order valence-corrected chi connectivity index (χ2v) is 9.31. The van der Waals surface area contributed by atoms with Crippen LogP contribution in [0.2, 0.25) is 5.02 Å². The van der Waals surface area contributed by atoms with E-state index in [-0.39, 0.29) is 29.9 Å². The van der Waals surface area contributed by atoms with Gasteiger partial charge in [0.05, 0.1) is 22.9 Å². The molecule has 3 heterocycles. The normalized spacial score (nSPS) is 17.3. The van der Waals surface area contributed by atoms with E-state index in [0.717, 1.165) is 24.0 Å². The van der Waals surface area contributed by atoms with Crippen LogP contribution < -0.4 is 11.1 Å². The molecule has 0 radical (unpaired) electrons. The maximum absolute atomic E-state index is 13.0. The molecule has 2 aliphatic rings. The molecule has 172 valence electrons. The van der Waals surface area contributed by atoms with Crippen molar-refractivity contribution < 1.29 is 14.7 Å². The number of aliphatic hydroxyl groups excluding tert-OH is 1. The molecule has 9 nitrogen and oxygen atoms in total. The fraction of sp³-hybridized carbons (Fsp3) is 0.391. The van der Waals surface area contributed by atoms with E-state index in [1.54, 1.807) is 25.3 Å². The third-order valence-electron chi connectivity index (χ3n) is 6.47. The first-order valence-electron chi connectivity index (χ1n) is 11.0. The molecule has 1 aliphatic carbocycles. The minimum Gasteiger partial charge on any atom is -0.394 e. The van der Waals surface area contributed by atoms with Crippen molar-refractivity contribution in [3.8, 4) is 11.3 Å². The van der Waals surface area contributed by atoms with Gasteiger partial charge in [-0.15, -0.1) is 5.10 Å². The van der Waals surface area contributed by atoms with Crippen LogP contribution in [0.5, 0.6) is 0 Å². The van der Waals surface area contributed by atoms with Gasteiger partial charge in [0, 0.05) is 30.4 Å². The molecule has 1 aliphatic heterocycles. The van der Waals surface area contributed by atoms with Crippen LogP contribution in [-0.4, -0.2) is 55.1 Å². The largest absolute Gasteiger partial charge is 0.394 e.